The molecule has 1 saturated carbocycles. The molecule has 0 spiro atoms. The molecule has 3 rings (SSSR count). The molecule has 1 amide bonds. The van der Waals surface area contributed by atoms with Crippen molar-refractivity contribution in [3.05, 3.63) is 35.4 Å². The summed E-state index contributed by atoms with van der Waals surface area (Å²) in [5.74, 6) is -3.55. The van der Waals surface area contributed by atoms with Gasteiger partial charge < -0.3 is 5.32 Å². The number of amidine groups is 1. The summed E-state index contributed by atoms with van der Waals surface area (Å²) in [4.78, 5) is 12.5. The van der Waals surface area contributed by atoms with Crippen LogP contribution in [0.3, 0.4) is 0 Å². The maximum Gasteiger partial charge on any atom is 0.431 e. The number of alkyl halides is 5. The predicted octanol–water partition coefficient (Wildman–Crippen LogP) is 3.62. The fourth-order valence-corrected chi connectivity index (χ4v) is 3.40. The Hall–Kier alpha value is -1.74. The van der Waals surface area contributed by atoms with E-state index in [1.165, 1.54) is 0 Å². The van der Waals surface area contributed by atoms with Crippen LogP contribution in [0.2, 0.25) is 0 Å². The first-order valence-electron chi connectivity index (χ1n) is 6.83. The highest BCUT2D eigenvalue weighted by molar-refractivity contribution is 6.54. The number of halogens is 7. The van der Waals surface area contributed by atoms with E-state index in [2.05, 4.69) is 15.5 Å². The third-order valence-electron chi connectivity index (χ3n) is 3.98. The van der Waals surface area contributed by atoms with E-state index < -0.39 is 57.0 Å². The number of carbonyl (C=O) groups is 1. The van der Waals surface area contributed by atoms with Gasteiger partial charge in [-0.05, 0) is 12.1 Å². The van der Waals surface area contributed by atoms with Crippen molar-refractivity contribution in [3.63, 3.8) is 0 Å². The average molecular weight is 400 g/mol. The van der Waals surface area contributed by atoms with Crippen LogP contribution in [-0.2, 0) is 10.2 Å². The number of hydrogen-bond donors (Lipinski definition) is 1. The molecule has 0 saturated heterocycles. The van der Waals surface area contributed by atoms with Gasteiger partial charge in [-0.1, -0.05) is 6.07 Å². The van der Waals surface area contributed by atoms with Crippen molar-refractivity contribution >= 4 is 40.7 Å². The average Bonchev–Trinajstić information content (AvgIpc) is 2.82. The van der Waals surface area contributed by atoms with Crippen molar-refractivity contribution < 1.29 is 26.7 Å². The molecular formula is C14H8Cl2F5N3O. The van der Waals surface area contributed by atoms with Gasteiger partial charge in [0.15, 0.2) is 5.71 Å². The molecule has 134 valence electrons. The van der Waals surface area contributed by atoms with Crippen LogP contribution < -0.4 is 5.32 Å². The van der Waals surface area contributed by atoms with Crippen molar-refractivity contribution in [3.8, 4) is 0 Å². The standard InChI is InChI=1S/C14H8Cl2F5N3O/c15-13(16)5-12(13,10-6(17)2-1-3-7(10)18)11(25)22-9-4-8(23-24-9)14(19,20)21/h1-3H,4-5H2,(H,22,24,25). The SMILES string of the molecule is O=C(NC1=NN=C(C(F)(F)F)C1)C1(c2c(F)cccc2F)CC1(Cl)Cl. The summed E-state index contributed by atoms with van der Waals surface area (Å²) in [5, 5.41) is 8.26. The van der Waals surface area contributed by atoms with E-state index in [0.29, 0.717) is 0 Å². The zero-order chi connectivity index (χ0) is 18.6. The topological polar surface area (TPSA) is 53.8 Å². The molecule has 1 unspecified atom stereocenters. The number of rotatable bonds is 2. The Labute approximate surface area is 147 Å². The van der Waals surface area contributed by atoms with Gasteiger partial charge in [0, 0.05) is 12.0 Å². The van der Waals surface area contributed by atoms with Crippen molar-refractivity contribution in [2.45, 2.75) is 28.8 Å². The summed E-state index contributed by atoms with van der Waals surface area (Å²) in [7, 11) is 0. The summed E-state index contributed by atoms with van der Waals surface area (Å²) in [5.41, 5.74) is -3.82. The van der Waals surface area contributed by atoms with Gasteiger partial charge in [-0.3, -0.25) is 4.79 Å². The van der Waals surface area contributed by atoms with Crippen LogP contribution in [0.4, 0.5) is 22.0 Å². The number of nitrogens with zero attached hydrogens (tertiary/aromatic N) is 2. The second-order valence-electron chi connectivity index (χ2n) is 5.61. The Kier molecular flexibility index (Phi) is 4.07. The largest absolute Gasteiger partial charge is 0.431 e. The first-order valence-corrected chi connectivity index (χ1v) is 7.59. The maximum atomic E-state index is 14.1. The molecule has 0 bridgehead atoms. The first-order chi connectivity index (χ1) is 11.5. The molecule has 11 heteroatoms. The molecule has 1 N–H and O–H groups in total. The van der Waals surface area contributed by atoms with Crippen LogP contribution in [0.5, 0.6) is 0 Å². The smallest absolute Gasteiger partial charge is 0.311 e. The minimum absolute atomic E-state index is 0.312. The van der Waals surface area contributed by atoms with Gasteiger partial charge in [-0.2, -0.15) is 13.2 Å². The Bertz CT molecular complexity index is 801. The molecule has 0 radical (unpaired) electrons. The van der Waals surface area contributed by atoms with E-state index in [4.69, 9.17) is 23.2 Å². The van der Waals surface area contributed by atoms with Crippen LogP contribution in [0.1, 0.15) is 18.4 Å². The molecule has 1 atom stereocenters. The summed E-state index contributed by atoms with van der Waals surface area (Å²) >= 11 is 11.9. The van der Waals surface area contributed by atoms with Crippen LogP contribution in [0, 0.1) is 11.6 Å². The van der Waals surface area contributed by atoms with Crippen LogP contribution >= 0.6 is 23.2 Å². The number of carbonyl (C=O) groups excluding carboxylic acids is 1. The van der Waals surface area contributed by atoms with E-state index in [0.717, 1.165) is 18.2 Å². The van der Waals surface area contributed by atoms with Gasteiger partial charge >= 0.3 is 6.18 Å². The molecule has 4 nitrogen and oxygen atoms in total. The van der Waals surface area contributed by atoms with Crippen molar-refractivity contribution in [2.24, 2.45) is 10.2 Å². The Morgan fingerprint density at radius 1 is 1.16 bits per heavy atom. The van der Waals surface area contributed by atoms with Crippen molar-refractivity contribution in [2.75, 3.05) is 0 Å². The van der Waals surface area contributed by atoms with Gasteiger partial charge in [0.2, 0.25) is 5.91 Å². The van der Waals surface area contributed by atoms with E-state index in [1.54, 1.807) is 0 Å². The van der Waals surface area contributed by atoms with Gasteiger partial charge in [-0.25, -0.2) is 8.78 Å². The normalized spacial score (nSPS) is 24.6. The highest BCUT2D eigenvalue weighted by Gasteiger charge is 2.74. The van der Waals surface area contributed by atoms with Crippen molar-refractivity contribution in [1.29, 1.82) is 0 Å². The zero-order valence-electron chi connectivity index (χ0n) is 12.1. The molecule has 1 aromatic carbocycles. The summed E-state index contributed by atoms with van der Waals surface area (Å²) in [6, 6.07) is 2.94. The lowest BCUT2D eigenvalue weighted by Crippen LogP contribution is -2.43. The predicted molar refractivity (Wildman–Crippen MR) is 80.8 cm³/mol. The summed E-state index contributed by atoms with van der Waals surface area (Å²) in [6.45, 7) is 0. The third-order valence-corrected chi connectivity index (χ3v) is 4.89. The second kappa shape index (κ2) is 5.63. The maximum absolute atomic E-state index is 14.1. The Morgan fingerprint density at radius 3 is 2.16 bits per heavy atom. The molecule has 0 aromatic heterocycles. The molecule has 1 heterocycles. The second-order valence-corrected chi connectivity index (χ2v) is 7.09. The van der Waals surface area contributed by atoms with E-state index in [1.807, 2.05) is 0 Å². The Morgan fingerprint density at radius 2 is 1.72 bits per heavy atom. The quantitative estimate of drug-likeness (QED) is 0.599. The number of benzene rings is 1. The molecule has 1 aromatic rings. The summed E-state index contributed by atoms with van der Waals surface area (Å²) < 4.78 is 64.0. The highest BCUT2D eigenvalue weighted by atomic mass is 35.5. The third kappa shape index (κ3) is 2.89. The number of nitrogens with one attached hydrogen (secondary N) is 1. The van der Waals surface area contributed by atoms with Crippen LogP contribution in [0.25, 0.3) is 0 Å². The van der Waals surface area contributed by atoms with Crippen LogP contribution in [-0.4, -0.2) is 28.0 Å². The first kappa shape index (κ1) is 18.1. The Balaban J connectivity index is 1.86. The lowest BCUT2D eigenvalue weighted by molar-refractivity contribution is -0.122. The lowest BCUT2D eigenvalue weighted by Gasteiger charge is -2.19. The van der Waals surface area contributed by atoms with Gasteiger partial charge in [-0.15, -0.1) is 33.4 Å². The fourth-order valence-electron chi connectivity index (χ4n) is 2.64. The molecule has 1 aliphatic heterocycles. The molecule has 2 aliphatic rings. The number of hydrogen-bond acceptors (Lipinski definition) is 3. The monoisotopic (exact) mass is 399 g/mol. The summed E-state index contributed by atoms with van der Waals surface area (Å²) in [6.07, 6.45) is -5.79. The van der Waals surface area contributed by atoms with E-state index in [-0.39, 0.29) is 6.42 Å². The fraction of sp³-hybridized carbons (Fsp3) is 0.357. The minimum Gasteiger partial charge on any atom is -0.311 e. The lowest BCUT2D eigenvalue weighted by atomic mass is 9.93. The number of amides is 1. The molecule has 1 fully saturated rings. The van der Waals surface area contributed by atoms with Gasteiger partial charge in [0.25, 0.3) is 0 Å². The van der Waals surface area contributed by atoms with Crippen LogP contribution in [0.15, 0.2) is 28.4 Å². The highest BCUT2D eigenvalue weighted by Crippen LogP contribution is 2.65. The minimum atomic E-state index is -4.70. The van der Waals surface area contributed by atoms with Gasteiger partial charge in [0.1, 0.15) is 27.2 Å². The van der Waals surface area contributed by atoms with Gasteiger partial charge in [0.05, 0.1) is 6.42 Å². The molecule has 25 heavy (non-hydrogen) atoms. The molecular weight excluding hydrogens is 392 g/mol. The molecule has 1 aliphatic carbocycles. The van der Waals surface area contributed by atoms with Crippen molar-refractivity contribution in [1.82, 2.24) is 5.32 Å². The zero-order valence-corrected chi connectivity index (χ0v) is 13.6. The van der Waals surface area contributed by atoms with E-state index >= 15 is 0 Å². The van der Waals surface area contributed by atoms with E-state index in [9.17, 15) is 26.7 Å².